The van der Waals surface area contributed by atoms with Gasteiger partial charge in [0.2, 0.25) is 0 Å². The van der Waals surface area contributed by atoms with E-state index in [1.165, 1.54) is 13.0 Å². The molecule has 0 rings (SSSR count). The minimum absolute atomic E-state index is 0.0240. The average Bonchev–Trinajstić information content (AvgIpc) is 1.99. The lowest BCUT2D eigenvalue weighted by atomic mass is 10.2. The van der Waals surface area contributed by atoms with Crippen LogP contribution in [0.15, 0.2) is 12.7 Å². The molecule has 0 aliphatic heterocycles. The highest BCUT2D eigenvalue weighted by Crippen LogP contribution is 2.10. The standard InChI is InChI=1S/C7H13NO4/c1-3-5-6(7(9)10)8(11,12)4-2/h3,6,11-12H,1,4-5H2,2H3/p+1. The predicted molar refractivity (Wildman–Crippen MR) is 40.6 cm³/mol. The van der Waals surface area contributed by atoms with E-state index in [-0.39, 0.29) is 13.0 Å². The molecule has 0 saturated heterocycles. The van der Waals surface area contributed by atoms with Crippen molar-refractivity contribution in [3.05, 3.63) is 12.7 Å². The van der Waals surface area contributed by atoms with Crippen LogP contribution in [0.2, 0.25) is 0 Å². The maximum Gasteiger partial charge on any atom is 0.369 e. The Balaban J connectivity index is 4.48. The maximum absolute atomic E-state index is 10.5. The van der Waals surface area contributed by atoms with E-state index >= 15 is 0 Å². The normalized spacial score (nSPS) is 13.9. The van der Waals surface area contributed by atoms with E-state index in [0.29, 0.717) is 0 Å². The van der Waals surface area contributed by atoms with Crippen LogP contribution in [0.1, 0.15) is 13.3 Å². The number of aliphatic carboxylic acids is 1. The van der Waals surface area contributed by atoms with E-state index in [9.17, 15) is 4.79 Å². The Kier molecular flexibility index (Phi) is 3.88. The molecule has 5 nitrogen and oxygen atoms in total. The van der Waals surface area contributed by atoms with Gasteiger partial charge in [-0.25, -0.2) is 4.79 Å². The smallest absolute Gasteiger partial charge is 0.369 e. The Bertz CT molecular complexity index is 178. The monoisotopic (exact) mass is 176 g/mol. The topological polar surface area (TPSA) is 77.8 Å². The van der Waals surface area contributed by atoms with Crippen molar-refractivity contribution in [2.75, 3.05) is 6.54 Å². The van der Waals surface area contributed by atoms with E-state index in [4.69, 9.17) is 15.5 Å². The highest BCUT2D eigenvalue weighted by Gasteiger charge is 2.38. The highest BCUT2D eigenvalue weighted by molar-refractivity contribution is 5.72. The summed E-state index contributed by atoms with van der Waals surface area (Å²) in [4.78, 5) is 9.01. The summed E-state index contributed by atoms with van der Waals surface area (Å²) in [6, 6.07) is -1.26. The van der Waals surface area contributed by atoms with Gasteiger partial charge in [0.25, 0.3) is 6.04 Å². The first-order valence-electron chi connectivity index (χ1n) is 3.62. The average molecular weight is 176 g/mol. The number of hydroxylamine groups is 4. The fraction of sp³-hybridized carbons (Fsp3) is 0.571. The van der Waals surface area contributed by atoms with E-state index in [1.54, 1.807) is 0 Å². The molecule has 1 atom stereocenters. The third-order valence-electron chi connectivity index (χ3n) is 1.64. The molecule has 5 heteroatoms. The number of hydrogen-bond donors (Lipinski definition) is 3. The lowest BCUT2D eigenvalue weighted by molar-refractivity contribution is -1.25. The number of likely N-dealkylation sites (N-methyl/N-ethyl adjacent to an activating group) is 1. The van der Waals surface area contributed by atoms with Crippen molar-refractivity contribution < 1.29 is 25.1 Å². The van der Waals surface area contributed by atoms with Crippen LogP contribution in [0.3, 0.4) is 0 Å². The second-order valence-corrected chi connectivity index (χ2v) is 2.48. The van der Waals surface area contributed by atoms with Crippen LogP contribution in [0.25, 0.3) is 0 Å². The summed E-state index contributed by atoms with van der Waals surface area (Å²) >= 11 is 0. The predicted octanol–water partition coefficient (Wildman–Crippen LogP) is 0.631. The molecule has 0 radical (unpaired) electrons. The zero-order valence-corrected chi connectivity index (χ0v) is 6.97. The lowest BCUT2D eigenvalue weighted by Gasteiger charge is -2.24. The van der Waals surface area contributed by atoms with Crippen molar-refractivity contribution in [3.63, 3.8) is 0 Å². The Hall–Kier alpha value is -0.910. The van der Waals surface area contributed by atoms with Gasteiger partial charge in [-0.05, 0) is 11.7 Å². The minimum atomic E-state index is -1.50. The van der Waals surface area contributed by atoms with Gasteiger partial charge in [-0.1, -0.05) is 6.08 Å². The Morgan fingerprint density at radius 1 is 1.67 bits per heavy atom. The van der Waals surface area contributed by atoms with Crippen LogP contribution >= 0.6 is 0 Å². The number of carbonyl (C=O) groups is 1. The van der Waals surface area contributed by atoms with Crippen LogP contribution in [-0.2, 0) is 4.79 Å². The quantitative estimate of drug-likeness (QED) is 0.326. The molecule has 0 aromatic carbocycles. The van der Waals surface area contributed by atoms with Crippen LogP contribution < -0.4 is 0 Å². The fourth-order valence-corrected chi connectivity index (χ4v) is 0.825. The summed E-state index contributed by atoms with van der Waals surface area (Å²) in [5.41, 5.74) is 0. The van der Waals surface area contributed by atoms with Crippen molar-refractivity contribution in [1.82, 2.24) is 0 Å². The third-order valence-corrected chi connectivity index (χ3v) is 1.64. The van der Waals surface area contributed by atoms with Crippen molar-refractivity contribution in [2.24, 2.45) is 0 Å². The molecule has 0 saturated carbocycles. The van der Waals surface area contributed by atoms with Gasteiger partial charge >= 0.3 is 5.97 Å². The summed E-state index contributed by atoms with van der Waals surface area (Å²) in [6.45, 7) is 4.74. The molecule has 0 aromatic rings. The molecule has 3 N–H and O–H groups in total. The molecular formula is C7H14NO4+. The van der Waals surface area contributed by atoms with Crippen LogP contribution in [0.4, 0.5) is 0 Å². The maximum atomic E-state index is 10.5. The number of carboxylic acids is 1. The Morgan fingerprint density at radius 2 is 2.17 bits per heavy atom. The molecule has 0 aliphatic carbocycles. The summed E-state index contributed by atoms with van der Waals surface area (Å²) in [5.74, 6) is -1.25. The van der Waals surface area contributed by atoms with Crippen LogP contribution in [-0.4, -0.2) is 38.9 Å². The summed E-state index contributed by atoms with van der Waals surface area (Å²) in [6.07, 6.45) is 1.37. The summed E-state index contributed by atoms with van der Waals surface area (Å²) < 4.78 is 0. The van der Waals surface area contributed by atoms with E-state index in [0.717, 1.165) is 0 Å². The molecule has 0 aromatic heterocycles. The van der Waals surface area contributed by atoms with Gasteiger partial charge in [-0.15, -0.1) is 6.58 Å². The largest absolute Gasteiger partial charge is 0.477 e. The first-order valence-corrected chi connectivity index (χ1v) is 3.62. The molecule has 70 valence electrons. The van der Waals surface area contributed by atoms with Crippen molar-refractivity contribution in [2.45, 2.75) is 19.4 Å². The molecule has 0 fully saturated rings. The van der Waals surface area contributed by atoms with Gasteiger partial charge in [-0.2, -0.15) is 10.4 Å². The van der Waals surface area contributed by atoms with Gasteiger partial charge in [0, 0.05) is 6.42 Å². The molecule has 12 heavy (non-hydrogen) atoms. The molecule has 0 amide bonds. The Labute approximate surface area is 70.7 Å². The van der Waals surface area contributed by atoms with Crippen LogP contribution in [0.5, 0.6) is 0 Å². The Morgan fingerprint density at radius 3 is 2.42 bits per heavy atom. The van der Waals surface area contributed by atoms with E-state index in [1.807, 2.05) is 0 Å². The molecule has 0 spiro atoms. The highest BCUT2D eigenvalue weighted by atomic mass is 16.8. The lowest BCUT2D eigenvalue weighted by Crippen LogP contribution is -2.53. The summed E-state index contributed by atoms with van der Waals surface area (Å²) in [7, 11) is 0. The molecule has 1 unspecified atom stereocenters. The van der Waals surface area contributed by atoms with Gasteiger partial charge in [0.05, 0.1) is 0 Å². The number of carboxylic acid groups (broad SMARTS) is 1. The first kappa shape index (κ1) is 11.1. The number of rotatable bonds is 5. The second kappa shape index (κ2) is 4.20. The minimum Gasteiger partial charge on any atom is -0.477 e. The van der Waals surface area contributed by atoms with E-state index in [2.05, 4.69) is 6.58 Å². The SMILES string of the molecule is C=CCC(C(=O)O)[N+](O)(O)CC. The van der Waals surface area contributed by atoms with E-state index < -0.39 is 16.8 Å². The zero-order chi connectivity index (χ0) is 9.78. The molecule has 0 aliphatic rings. The van der Waals surface area contributed by atoms with Gasteiger partial charge in [-0.3, -0.25) is 0 Å². The number of quaternary nitrogens is 1. The fourth-order valence-electron chi connectivity index (χ4n) is 0.825. The van der Waals surface area contributed by atoms with Crippen molar-refractivity contribution in [3.8, 4) is 0 Å². The molecular weight excluding hydrogens is 162 g/mol. The third kappa shape index (κ3) is 2.61. The van der Waals surface area contributed by atoms with Crippen molar-refractivity contribution in [1.29, 1.82) is 0 Å². The van der Waals surface area contributed by atoms with Gasteiger partial charge in [0.1, 0.15) is 6.54 Å². The summed E-state index contributed by atoms with van der Waals surface area (Å²) in [5, 5.41) is 26.9. The molecule has 0 bridgehead atoms. The number of hydrogen-bond acceptors (Lipinski definition) is 3. The van der Waals surface area contributed by atoms with Crippen molar-refractivity contribution >= 4 is 5.97 Å². The first-order chi connectivity index (χ1) is 5.45. The molecule has 0 heterocycles. The van der Waals surface area contributed by atoms with Gasteiger partial charge < -0.3 is 5.11 Å². The zero-order valence-electron chi connectivity index (χ0n) is 6.97. The van der Waals surface area contributed by atoms with Crippen LogP contribution in [0, 0.1) is 0 Å². The number of nitrogens with zero attached hydrogens (tertiary/aromatic N) is 1. The second-order valence-electron chi connectivity index (χ2n) is 2.48. The van der Waals surface area contributed by atoms with Gasteiger partial charge in [0.15, 0.2) is 0 Å².